The Morgan fingerprint density at radius 1 is 0.580 bits per heavy atom. The first-order chi connectivity index (χ1) is 23.3. The number of ketones is 2. The third kappa shape index (κ3) is 7.71. The first-order valence-corrected chi connectivity index (χ1v) is 13.8. The summed E-state index contributed by atoms with van der Waals surface area (Å²) in [7, 11) is 0. The molecule has 3 aromatic rings. The van der Waals surface area contributed by atoms with Gasteiger partial charge in [0.2, 0.25) is 11.4 Å². The van der Waals surface area contributed by atoms with Crippen molar-refractivity contribution in [1.29, 1.82) is 0 Å². The van der Waals surface area contributed by atoms with Gasteiger partial charge in [-0.25, -0.2) is 14.4 Å². The summed E-state index contributed by atoms with van der Waals surface area (Å²) < 4.78 is 4.92. The van der Waals surface area contributed by atoms with Gasteiger partial charge in [0.05, 0.1) is 0 Å². The Hall–Kier alpha value is -6.69. The number of carboxylic acids is 2. The van der Waals surface area contributed by atoms with Crippen molar-refractivity contribution in [3.63, 3.8) is 0 Å². The Bertz CT molecular complexity index is 1930. The van der Waals surface area contributed by atoms with E-state index >= 15 is 0 Å². The number of phenols is 6. The lowest BCUT2D eigenvalue weighted by molar-refractivity contribution is -0.230. The van der Waals surface area contributed by atoms with Crippen LogP contribution in [0.2, 0.25) is 0 Å². The fraction of sp³-hybridized carbons (Fsp3) is 0.121. The average molecular weight is 697 g/mol. The van der Waals surface area contributed by atoms with Gasteiger partial charge in [-0.05, 0) is 71.3 Å². The SMILES string of the molecule is O=C(C=Cc1ccc(O)c(O)c1)O[C@@](C(=O)O)(C(=O)C=Cc1ccc(O)c(O)c1)[C@](O)(C(=O)C=Cc1ccc(O)c(O)c1)[C@H](O)[C@H](O)C(=O)O. The molecule has 0 fully saturated rings. The Morgan fingerprint density at radius 2 is 0.960 bits per heavy atom. The number of carbonyl (C=O) groups excluding carboxylic acids is 3. The highest BCUT2D eigenvalue weighted by atomic mass is 16.6. The highest BCUT2D eigenvalue weighted by Crippen LogP contribution is 2.37. The van der Waals surface area contributed by atoms with Gasteiger partial charge in [-0.2, -0.15) is 0 Å². The number of carboxylic acid groups (broad SMARTS) is 2. The number of esters is 1. The molecule has 3 aromatic carbocycles. The molecular formula is C33H28O17. The maximum Gasteiger partial charge on any atom is 0.360 e. The van der Waals surface area contributed by atoms with Crippen LogP contribution in [0.3, 0.4) is 0 Å². The molecule has 0 aliphatic rings. The summed E-state index contributed by atoms with van der Waals surface area (Å²) in [6, 6.07) is 8.93. The Morgan fingerprint density at radius 3 is 1.32 bits per heavy atom. The fourth-order valence-corrected chi connectivity index (χ4v) is 4.39. The largest absolute Gasteiger partial charge is 0.504 e. The van der Waals surface area contributed by atoms with E-state index in [-0.39, 0.29) is 16.7 Å². The van der Waals surface area contributed by atoms with E-state index in [1.807, 2.05) is 0 Å². The van der Waals surface area contributed by atoms with E-state index in [4.69, 9.17) is 4.74 Å². The zero-order valence-electron chi connectivity index (χ0n) is 25.2. The van der Waals surface area contributed by atoms with Crippen LogP contribution in [0, 0.1) is 0 Å². The van der Waals surface area contributed by atoms with Crippen LogP contribution in [0.1, 0.15) is 16.7 Å². The number of benzene rings is 3. The Balaban J connectivity index is 2.29. The molecule has 4 atom stereocenters. The standard InChI is InChI=1S/C33H28O17/c34-19-7-1-16(13-22(19)37)4-10-25(40)32(49,29(44)28(43)30(45)46)33(31(47)48,26(41)11-5-17-2-8-20(35)23(38)14-17)50-27(42)12-6-18-3-9-21(36)24(39)15-18/h1-15,28-29,34-39,43-44,49H,(H,45,46)(H,47,48)/t28-,29+,32-,33+/m0/s1. The van der Waals surface area contributed by atoms with E-state index in [0.29, 0.717) is 18.2 Å². The van der Waals surface area contributed by atoms with Gasteiger partial charge >= 0.3 is 23.5 Å². The van der Waals surface area contributed by atoms with Crippen molar-refractivity contribution in [3.8, 4) is 34.5 Å². The maximum atomic E-state index is 13.8. The normalized spacial score (nSPS) is 15.3. The highest BCUT2D eigenvalue weighted by molar-refractivity contribution is 6.21. The number of hydrogen-bond acceptors (Lipinski definition) is 15. The molecule has 0 aliphatic carbocycles. The van der Waals surface area contributed by atoms with Gasteiger partial charge in [0.1, 0.15) is 6.10 Å². The lowest BCUT2D eigenvalue weighted by Gasteiger charge is -2.42. The van der Waals surface area contributed by atoms with E-state index < -0.39 is 87.4 Å². The summed E-state index contributed by atoms with van der Waals surface area (Å²) >= 11 is 0. The molecule has 0 radical (unpaired) electrons. The van der Waals surface area contributed by atoms with Gasteiger partial charge in [0, 0.05) is 6.08 Å². The lowest BCUT2D eigenvalue weighted by Crippen LogP contribution is -2.75. The third-order valence-corrected chi connectivity index (χ3v) is 7.06. The first-order valence-electron chi connectivity index (χ1n) is 13.8. The predicted molar refractivity (Wildman–Crippen MR) is 167 cm³/mol. The molecule has 11 N–H and O–H groups in total. The van der Waals surface area contributed by atoms with Gasteiger partial charge in [0.25, 0.3) is 0 Å². The lowest BCUT2D eigenvalue weighted by atomic mass is 9.70. The van der Waals surface area contributed by atoms with E-state index in [1.165, 1.54) is 0 Å². The molecule has 0 saturated heterocycles. The molecule has 0 aromatic heterocycles. The van der Waals surface area contributed by atoms with Crippen molar-refractivity contribution in [1.82, 2.24) is 0 Å². The molecular weight excluding hydrogens is 668 g/mol. The minimum absolute atomic E-state index is 0.0238. The second-order valence-corrected chi connectivity index (χ2v) is 10.4. The average Bonchev–Trinajstić information content (AvgIpc) is 3.07. The van der Waals surface area contributed by atoms with Crippen molar-refractivity contribution < 1.29 is 84.9 Å². The van der Waals surface area contributed by atoms with Crippen LogP contribution < -0.4 is 0 Å². The summed E-state index contributed by atoms with van der Waals surface area (Å²) in [5.41, 5.74) is -8.98. The van der Waals surface area contributed by atoms with Crippen LogP contribution in [0.25, 0.3) is 18.2 Å². The van der Waals surface area contributed by atoms with E-state index in [1.54, 1.807) is 0 Å². The van der Waals surface area contributed by atoms with Crippen molar-refractivity contribution in [2.75, 3.05) is 0 Å². The molecule has 0 aliphatic heterocycles. The second-order valence-electron chi connectivity index (χ2n) is 10.4. The van der Waals surface area contributed by atoms with Crippen LogP contribution in [0.4, 0.5) is 0 Å². The van der Waals surface area contributed by atoms with Crippen molar-refractivity contribution >= 4 is 47.7 Å². The molecule has 17 nitrogen and oxygen atoms in total. The molecule has 0 bridgehead atoms. The summed E-state index contributed by atoms with van der Waals surface area (Å²) in [5.74, 6) is -14.7. The van der Waals surface area contributed by atoms with Crippen molar-refractivity contribution in [2.45, 2.75) is 23.4 Å². The monoisotopic (exact) mass is 696 g/mol. The molecule has 0 heterocycles. The number of hydrogen-bond donors (Lipinski definition) is 11. The third-order valence-electron chi connectivity index (χ3n) is 7.06. The number of phenolic OH excluding ortho intramolecular Hbond substituents is 6. The van der Waals surface area contributed by atoms with Crippen molar-refractivity contribution in [2.24, 2.45) is 0 Å². The highest BCUT2D eigenvalue weighted by Gasteiger charge is 2.72. The van der Waals surface area contributed by atoms with E-state index in [9.17, 15) is 80.1 Å². The predicted octanol–water partition coefficient (Wildman–Crippen LogP) is 0.402. The fourth-order valence-electron chi connectivity index (χ4n) is 4.39. The Labute approximate surface area is 280 Å². The van der Waals surface area contributed by atoms with Gasteiger partial charge in [-0.15, -0.1) is 0 Å². The van der Waals surface area contributed by atoms with Crippen LogP contribution in [0.15, 0.2) is 72.8 Å². The summed E-state index contributed by atoms with van der Waals surface area (Å²) in [6.07, 6.45) is -3.28. The van der Waals surface area contributed by atoms with Crippen molar-refractivity contribution in [3.05, 3.63) is 89.5 Å². The van der Waals surface area contributed by atoms with Gasteiger partial charge in [-0.3, -0.25) is 9.59 Å². The maximum absolute atomic E-state index is 13.8. The topological polar surface area (TPSA) is 317 Å². The molecule has 0 unspecified atom stereocenters. The molecule has 17 heteroatoms. The van der Waals surface area contributed by atoms with Crippen LogP contribution >= 0.6 is 0 Å². The molecule has 50 heavy (non-hydrogen) atoms. The smallest absolute Gasteiger partial charge is 0.360 e. The van der Waals surface area contributed by atoms with E-state index in [2.05, 4.69) is 0 Å². The zero-order chi connectivity index (χ0) is 37.6. The number of carbonyl (C=O) groups is 5. The molecule has 0 amide bonds. The minimum atomic E-state index is -4.38. The van der Waals surface area contributed by atoms with E-state index in [0.717, 1.165) is 72.8 Å². The molecule has 0 spiro atoms. The number of aliphatic hydroxyl groups is 3. The zero-order valence-corrected chi connectivity index (χ0v) is 25.2. The van der Waals surface area contributed by atoms with Gasteiger partial charge in [-0.1, -0.05) is 30.4 Å². The second kappa shape index (κ2) is 15.0. The van der Waals surface area contributed by atoms with Crippen LogP contribution in [0.5, 0.6) is 34.5 Å². The summed E-state index contributed by atoms with van der Waals surface area (Å²) in [4.78, 5) is 65.4. The number of aliphatic hydroxyl groups excluding tert-OH is 2. The van der Waals surface area contributed by atoms with Crippen LogP contribution in [-0.2, 0) is 28.7 Å². The number of rotatable bonds is 14. The summed E-state index contributed by atoms with van der Waals surface area (Å²) in [5, 5.41) is 111. The number of aromatic hydroxyl groups is 6. The molecule has 3 rings (SSSR count). The summed E-state index contributed by atoms with van der Waals surface area (Å²) in [6.45, 7) is 0. The molecule has 262 valence electrons. The number of aliphatic carboxylic acids is 2. The Kier molecular flexibility index (Phi) is 11.4. The minimum Gasteiger partial charge on any atom is -0.504 e. The molecule has 0 saturated carbocycles. The first kappa shape index (κ1) is 37.8. The van der Waals surface area contributed by atoms with Gasteiger partial charge in [0.15, 0.2) is 46.4 Å². The van der Waals surface area contributed by atoms with Gasteiger partial charge < -0.3 is 60.9 Å². The quantitative estimate of drug-likeness (QED) is 0.0470. The number of ether oxygens (including phenoxy) is 1. The van der Waals surface area contributed by atoms with Crippen LogP contribution in [-0.4, -0.2) is 109 Å².